The first-order valence-corrected chi connectivity index (χ1v) is 7.85. The topological polar surface area (TPSA) is 18.5 Å². The molecule has 3 aromatic rings. The molecule has 1 aliphatic heterocycles. The minimum Gasteiger partial charge on any atom is -0.485 e. The number of benzene rings is 2. The molecule has 2 nitrogen and oxygen atoms in total. The average Bonchev–Trinajstić information content (AvgIpc) is 3.03. The molecule has 0 aliphatic carbocycles. The highest BCUT2D eigenvalue weighted by molar-refractivity contribution is 7.08. The Morgan fingerprint density at radius 1 is 0.810 bits per heavy atom. The molecule has 104 valence electrons. The van der Waals surface area contributed by atoms with Crippen LogP contribution in [0, 0.1) is 0 Å². The predicted octanol–water partition coefficient (Wildman–Crippen LogP) is 4.93. The summed E-state index contributed by atoms with van der Waals surface area (Å²) in [6.07, 6.45) is -0.0306. The second-order valence-corrected chi connectivity index (χ2v) is 5.75. The molecule has 0 fully saturated rings. The van der Waals surface area contributed by atoms with Crippen LogP contribution in [-0.2, 0) is 0 Å². The van der Waals surface area contributed by atoms with Crippen molar-refractivity contribution in [1.29, 1.82) is 0 Å². The minimum absolute atomic E-state index is 0.0306. The van der Waals surface area contributed by atoms with Gasteiger partial charge in [-0.3, -0.25) is 0 Å². The Labute approximate surface area is 127 Å². The van der Waals surface area contributed by atoms with Crippen LogP contribution in [0.5, 0.6) is 11.5 Å². The molecule has 0 radical (unpaired) electrons. The molecule has 21 heavy (non-hydrogen) atoms. The first-order chi connectivity index (χ1) is 10.4. The molecular weight excluding hydrogens is 280 g/mol. The van der Waals surface area contributed by atoms with Crippen molar-refractivity contribution in [1.82, 2.24) is 0 Å². The predicted molar refractivity (Wildman–Crippen MR) is 85.1 cm³/mol. The van der Waals surface area contributed by atoms with Gasteiger partial charge in [0.2, 0.25) is 0 Å². The second kappa shape index (κ2) is 5.26. The van der Waals surface area contributed by atoms with Gasteiger partial charge >= 0.3 is 0 Å². The molecule has 1 aliphatic rings. The van der Waals surface area contributed by atoms with Crippen molar-refractivity contribution in [3.8, 4) is 22.6 Å². The monoisotopic (exact) mass is 294 g/mol. The van der Waals surface area contributed by atoms with Crippen molar-refractivity contribution in [3.63, 3.8) is 0 Å². The van der Waals surface area contributed by atoms with Gasteiger partial charge in [0, 0.05) is 10.8 Å². The van der Waals surface area contributed by atoms with Crippen LogP contribution in [0.3, 0.4) is 0 Å². The molecule has 0 spiro atoms. The lowest BCUT2D eigenvalue weighted by atomic mass is 10.0. The highest BCUT2D eigenvalue weighted by Gasteiger charge is 2.23. The van der Waals surface area contributed by atoms with Crippen LogP contribution in [0.15, 0.2) is 65.4 Å². The molecule has 0 N–H and O–H groups in total. The maximum absolute atomic E-state index is 5.99. The van der Waals surface area contributed by atoms with E-state index in [9.17, 15) is 0 Å². The maximum Gasteiger partial charge on any atom is 0.173 e. The minimum atomic E-state index is -0.0306. The molecule has 1 unspecified atom stereocenters. The van der Waals surface area contributed by atoms with Crippen molar-refractivity contribution < 1.29 is 9.47 Å². The fourth-order valence-corrected chi connectivity index (χ4v) is 3.17. The largest absolute Gasteiger partial charge is 0.485 e. The van der Waals surface area contributed by atoms with Crippen LogP contribution < -0.4 is 9.47 Å². The molecule has 0 bridgehead atoms. The van der Waals surface area contributed by atoms with E-state index < -0.39 is 0 Å². The summed E-state index contributed by atoms with van der Waals surface area (Å²) in [5, 5.41) is 3.96. The molecule has 0 saturated carbocycles. The standard InChI is InChI=1S/C18H14O2S/c1-2-4-13(5-3-1)14-6-8-15(9-7-14)16-10-19-17-11-21-12-18(17)20-16/h1-9,11-12,16H,10H2. The Morgan fingerprint density at radius 2 is 1.52 bits per heavy atom. The van der Waals surface area contributed by atoms with Crippen molar-refractivity contribution in [2.24, 2.45) is 0 Å². The first-order valence-electron chi connectivity index (χ1n) is 6.91. The molecule has 3 heteroatoms. The molecular formula is C18H14O2S. The molecule has 1 atom stereocenters. The maximum atomic E-state index is 5.99. The van der Waals surface area contributed by atoms with Crippen LogP contribution in [0.4, 0.5) is 0 Å². The van der Waals surface area contributed by atoms with Gasteiger partial charge in [-0.1, -0.05) is 54.6 Å². The Morgan fingerprint density at radius 3 is 2.33 bits per heavy atom. The van der Waals surface area contributed by atoms with Crippen LogP contribution >= 0.6 is 11.3 Å². The van der Waals surface area contributed by atoms with Gasteiger partial charge in [0.05, 0.1) is 0 Å². The molecule has 1 aromatic heterocycles. The van der Waals surface area contributed by atoms with Gasteiger partial charge < -0.3 is 9.47 Å². The van der Waals surface area contributed by atoms with Crippen molar-refractivity contribution >= 4 is 11.3 Å². The van der Waals surface area contributed by atoms with Gasteiger partial charge in [-0.25, -0.2) is 0 Å². The normalized spacial score (nSPS) is 16.7. The van der Waals surface area contributed by atoms with E-state index in [4.69, 9.17) is 9.47 Å². The third kappa shape index (κ3) is 2.41. The highest BCUT2D eigenvalue weighted by atomic mass is 32.1. The zero-order valence-electron chi connectivity index (χ0n) is 11.4. The summed E-state index contributed by atoms with van der Waals surface area (Å²) in [6.45, 7) is 0.564. The number of hydrogen-bond acceptors (Lipinski definition) is 3. The zero-order valence-corrected chi connectivity index (χ0v) is 12.2. The van der Waals surface area contributed by atoms with Gasteiger partial charge in [-0.05, 0) is 16.7 Å². The Kier molecular flexibility index (Phi) is 3.13. The van der Waals surface area contributed by atoms with Crippen LogP contribution in [0.1, 0.15) is 11.7 Å². The fraction of sp³-hybridized carbons (Fsp3) is 0.111. The lowest BCUT2D eigenvalue weighted by Crippen LogP contribution is -2.20. The Hall–Kier alpha value is -2.26. The third-order valence-electron chi connectivity index (χ3n) is 3.64. The van der Waals surface area contributed by atoms with E-state index >= 15 is 0 Å². The van der Waals surface area contributed by atoms with E-state index in [1.165, 1.54) is 11.1 Å². The molecule has 4 rings (SSSR count). The molecule has 0 amide bonds. The number of thiophene rings is 1. The summed E-state index contributed by atoms with van der Waals surface area (Å²) in [5.74, 6) is 1.71. The number of ether oxygens (including phenoxy) is 2. The van der Waals surface area contributed by atoms with E-state index in [1.807, 2.05) is 16.8 Å². The average molecular weight is 294 g/mol. The summed E-state index contributed by atoms with van der Waals surface area (Å²) in [5.41, 5.74) is 3.59. The van der Waals surface area contributed by atoms with E-state index in [2.05, 4.69) is 48.5 Å². The smallest absolute Gasteiger partial charge is 0.173 e. The first kappa shape index (κ1) is 12.5. The Balaban J connectivity index is 1.57. The molecule has 2 aromatic carbocycles. The zero-order chi connectivity index (χ0) is 14.1. The van der Waals surface area contributed by atoms with Gasteiger partial charge in [0.25, 0.3) is 0 Å². The number of rotatable bonds is 2. The SMILES string of the molecule is c1ccc(-c2ccc(C3COc4cscc4O3)cc2)cc1. The van der Waals surface area contributed by atoms with E-state index in [0.29, 0.717) is 6.61 Å². The van der Waals surface area contributed by atoms with Gasteiger partial charge in [0.15, 0.2) is 17.6 Å². The van der Waals surface area contributed by atoms with Crippen molar-refractivity contribution in [3.05, 3.63) is 70.9 Å². The number of fused-ring (bicyclic) bond motifs is 1. The van der Waals surface area contributed by atoms with Gasteiger partial charge in [-0.15, -0.1) is 11.3 Å². The van der Waals surface area contributed by atoms with Gasteiger partial charge in [-0.2, -0.15) is 0 Å². The van der Waals surface area contributed by atoms with Gasteiger partial charge in [0.1, 0.15) is 6.61 Å². The van der Waals surface area contributed by atoms with Crippen LogP contribution in [0.2, 0.25) is 0 Å². The van der Waals surface area contributed by atoms with Crippen LogP contribution in [0.25, 0.3) is 11.1 Å². The molecule has 2 heterocycles. The molecule has 0 saturated heterocycles. The third-order valence-corrected chi connectivity index (χ3v) is 4.34. The quantitative estimate of drug-likeness (QED) is 0.667. The summed E-state index contributed by atoms with van der Waals surface area (Å²) < 4.78 is 11.7. The fourth-order valence-electron chi connectivity index (χ4n) is 2.50. The summed E-state index contributed by atoms with van der Waals surface area (Å²) in [6, 6.07) is 18.9. The second-order valence-electron chi connectivity index (χ2n) is 5.01. The summed E-state index contributed by atoms with van der Waals surface area (Å²) in [4.78, 5) is 0. The highest BCUT2D eigenvalue weighted by Crippen LogP contribution is 2.39. The van der Waals surface area contributed by atoms with Crippen molar-refractivity contribution in [2.45, 2.75) is 6.10 Å². The van der Waals surface area contributed by atoms with Crippen LogP contribution in [-0.4, -0.2) is 6.61 Å². The summed E-state index contributed by atoms with van der Waals surface area (Å²) in [7, 11) is 0. The Bertz CT molecular complexity index is 731. The number of hydrogen-bond donors (Lipinski definition) is 0. The lowest BCUT2D eigenvalue weighted by molar-refractivity contribution is 0.0927. The van der Waals surface area contributed by atoms with E-state index in [1.54, 1.807) is 11.3 Å². The van der Waals surface area contributed by atoms with Crippen molar-refractivity contribution in [2.75, 3.05) is 6.61 Å². The lowest BCUT2D eigenvalue weighted by Gasteiger charge is -2.24. The van der Waals surface area contributed by atoms with E-state index in [0.717, 1.165) is 17.1 Å². The summed E-state index contributed by atoms with van der Waals surface area (Å²) >= 11 is 1.60. The van der Waals surface area contributed by atoms with E-state index in [-0.39, 0.29) is 6.10 Å².